The van der Waals surface area contributed by atoms with Crippen molar-refractivity contribution in [2.24, 2.45) is 0 Å². The number of allylic oxidation sites excluding steroid dienone is 1. The molecule has 1 aliphatic rings. The van der Waals surface area contributed by atoms with Gasteiger partial charge in [0.15, 0.2) is 0 Å². The first-order valence-electron chi connectivity index (χ1n) is 8.00. The molecule has 0 fully saturated rings. The summed E-state index contributed by atoms with van der Waals surface area (Å²) in [5, 5.41) is 0. The molecular weight excluding hydrogens is 334 g/mol. The highest BCUT2D eigenvalue weighted by Crippen LogP contribution is 2.31. The van der Waals surface area contributed by atoms with Gasteiger partial charge in [0, 0.05) is 6.20 Å². The number of benzene rings is 2. The minimum Gasteiger partial charge on any atom is -0.497 e. The first kappa shape index (κ1) is 17.3. The van der Waals surface area contributed by atoms with E-state index in [2.05, 4.69) is 6.58 Å². The van der Waals surface area contributed by atoms with Gasteiger partial charge in [-0.15, -0.1) is 0 Å². The number of hydrogen-bond acceptors (Lipinski definition) is 3. The summed E-state index contributed by atoms with van der Waals surface area (Å²) in [7, 11) is -1.98. The molecule has 0 aliphatic carbocycles. The average molecular weight is 355 g/mol. The Morgan fingerprint density at radius 1 is 1.04 bits per heavy atom. The summed E-state index contributed by atoms with van der Waals surface area (Å²) in [5.41, 5.74) is 3.78. The lowest BCUT2D eigenvalue weighted by molar-refractivity contribution is 0.415. The molecule has 5 heteroatoms. The van der Waals surface area contributed by atoms with E-state index >= 15 is 0 Å². The fourth-order valence-electron chi connectivity index (χ4n) is 2.79. The third-order valence-corrected chi connectivity index (χ3v) is 5.93. The molecule has 3 rings (SSSR count). The minimum atomic E-state index is -3.59. The van der Waals surface area contributed by atoms with E-state index in [1.54, 1.807) is 37.6 Å². The van der Waals surface area contributed by atoms with Crippen LogP contribution in [0.25, 0.3) is 5.57 Å². The van der Waals surface area contributed by atoms with Crippen molar-refractivity contribution in [1.29, 1.82) is 0 Å². The fourth-order valence-corrected chi connectivity index (χ4v) is 4.16. The van der Waals surface area contributed by atoms with Crippen LogP contribution in [0.5, 0.6) is 5.75 Å². The molecule has 130 valence electrons. The van der Waals surface area contributed by atoms with Crippen LogP contribution in [0.2, 0.25) is 0 Å². The summed E-state index contributed by atoms with van der Waals surface area (Å²) in [4.78, 5) is 0.290. The van der Waals surface area contributed by atoms with Crippen molar-refractivity contribution >= 4 is 15.6 Å². The highest BCUT2D eigenvalue weighted by Gasteiger charge is 2.26. The number of ether oxygens (including phenoxy) is 1. The summed E-state index contributed by atoms with van der Waals surface area (Å²) in [6.45, 7) is 6.26. The zero-order valence-electron chi connectivity index (χ0n) is 14.4. The van der Waals surface area contributed by atoms with Crippen molar-refractivity contribution < 1.29 is 13.2 Å². The first-order chi connectivity index (χ1) is 11.9. The van der Waals surface area contributed by atoms with Crippen LogP contribution >= 0.6 is 0 Å². The van der Waals surface area contributed by atoms with Gasteiger partial charge in [-0.1, -0.05) is 42.0 Å². The molecule has 4 nitrogen and oxygen atoms in total. The molecule has 0 amide bonds. The normalized spacial score (nSPS) is 15.0. The summed E-state index contributed by atoms with van der Waals surface area (Å²) in [5.74, 6) is 0.767. The molecule has 0 spiro atoms. The number of aryl methyl sites for hydroxylation is 1. The molecule has 0 aromatic heterocycles. The highest BCUT2D eigenvalue weighted by molar-refractivity contribution is 7.89. The molecule has 0 radical (unpaired) electrons. The summed E-state index contributed by atoms with van der Waals surface area (Å²) in [6, 6.07) is 14.5. The van der Waals surface area contributed by atoms with E-state index in [-0.39, 0.29) is 4.90 Å². The molecule has 0 N–H and O–H groups in total. The monoisotopic (exact) mass is 355 g/mol. The van der Waals surface area contributed by atoms with Crippen LogP contribution in [0.15, 0.2) is 71.8 Å². The van der Waals surface area contributed by atoms with Crippen molar-refractivity contribution in [3.8, 4) is 5.75 Å². The van der Waals surface area contributed by atoms with Gasteiger partial charge in [-0.3, -0.25) is 4.31 Å². The van der Waals surface area contributed by atoms with Crippen molar-refractivity contribution in [2.75, 3.05) is 13.7 Å². The molecule has 2 aromatic rings. The second kappa shape index (κ2) is 6.76. The Labute approximate surface area is 149 Å². The van der Waals surface area contributed by atoms with Gasteiger partial charge in [0.1, 0.15) is 5.75 Å². The average Bonchev–Trinajstić information content (AvgIpc) is 2.61. The second-order valence-electron chi connectivity index (χ2n) is 6.17. The smallest absolute Gasteiger partial charge is 0.264 e. The van der Waals surface area contributed by atoms with Gasteiger partial charge >= 0.3 is 0 Å². The van der Waals surface area contributed by atoms with Crippen LogP contribution in [0.1, 0.15) is 17.5 Å². The maximum Gasteiger partial charge on any atom is 0.264 e. The largest absolute Gasteiger partial charge is 0.497 e. The Balaban J connectivity index is 1.97. The van der Waals surface area contributed by atoms with Gasteiger partial charge in [0.2, 0.25) is 0 Å². The van der Waals surface area contributed by atoms with Crippen LogP contribution in [-0.2, 0) is 10.0 Å². The first-order valence-corrected chi connectivity index (χ1v) is 9.44. The molecule has 0 unspecified atom stereocenters. The van der Waals surface area contributed by atoms with Crippen molar-refractivity contribution in [3.05, 3.63) is 78.0 Å². The lowest BCUT2D eigenvalue weighted by atomic mass is 9.97. The van der Waals surface area contributed by atoms with E-state index in [4.69, 9.17) is 4.74 Å². The predicted octanol–water partition coefficient (Wildman–Crippen LogP) is 4.00. The van der Waals surface area contributed by atoms with Gasteiger partial charge in [-0.25, -0.2) is 8.42 Å². The lowest BCUT2D eigenvalue weighted by Gasteiger charge is -2.28. The van der Waals surface area contributed by atoms with Crippen molar-refractivity contribution in [3.63, 3.8) is 0 Å². The SMILES string of the molecule is C=C1CC(c2ccc(OC)cc2)=CN(S(=O)(=O)c2ccc(C)cc2)C1. The van der Waals surface area contributed by atoms with E-state index in [1.165, 1.54) is 4.31 Å². The summed E-state index contributed by atoms with van der Waals surface area (Å²) in [6.07, 6.45) is 2.37. The number of rotatable bonds is 4. The maximum atomic E-state index is 12.9. The second-order valence-corrected chi connectivity index (χ2v) is 8.06. The zero-order chi connectivity index (χ0) is 18.0. The molecule has 0 saturated heterocycles. The van der Waals surface area contributed by atoms with E-state index in [0.717, 1.165) is 28.0 Å². The predicted molar refractivity (Wildman–Crippen MR) is 99.8 cm³/mol. The van der Waals surface area contributed by atoms with Crippen LogP contribution in [0.4, 0.5) is 0 Å². The highest BCUT2D eigenvalue weighted by atomic mass is 32.2. The Bertz CT molecular complexity index is 910. The molecule has 0 bridgehead atoms. The molecule has 2 aromatic carbocycles. The quantitative estimate of drug-likeness (QED) is 0.779. The van der Waals surface area contributed by atoms with E-state index < -0.39 is 10.0 Å². The van der Waals surface area contributed by atoms with E-state index in [9.17, 15) is 8.42 Å². The van der Waals surface area contributed by atoms with Crippen molar-refractivity contribution in [1.82, 2.24) is 4.31 Å². The third-order valence-electron chi connectivity index (χ3n) is 4.21. The number of sulfonamides is 1. The fraction of sp³-hybridized carbons (Fsp3) is 0.200. The number of nitrogens with zero attached hydrogens (tertiary/aromatic N) is 1. The van der Waals surface area contributed by atoms with E-state index in [1.807, 2.05) is 31.2 Å². The van der Waals surface area contributed by atoms with Gasteiger partial charge in [0.05, 0.1) is 18.6 Å². The molecule has 0 atom stereocenters. The minimum absolute atomic E-state index is 0.290. The Kier molecular flexibility index (Phi) is 4.68. The van der Waals surface area contributed by atoms with Crippen LogP contribution < -0.4 is 4.74 Å². The summed E-state index contributed by atoms with van der Waals surface area (Å²) >= 11 is 0. The van der Waals surface area contributed by atoms with Crippen LogP contribution in [0.3, 0.4) is 0 Å². The van der Waals surface area contributed by atoms with Crippen LogP contribution in [0, 0.1) is 6.92 Å². The molecule has 0 saturated carbocycles. The third kappa shape index (κ3) is 3.61. The standard InChI is InChI=1S/C20H21NO3S/c1-15-4-10-20(11-5-15)25(22,23)21-13-16(2)12-18(14-21)17-6-8-19(24-3)9-7-17/h4-11,14H,2,12-13H2,1,3H3. The van der Waals surface area contributed by atoms with Gasteiger partial charge < -0.3 is 4.74 Å². The van der Waals surface area contributed by atoms with Crippen molar-refractivity contribution in [2.45, 2.75) is 18.2 Å². The molecule has 25 heavy (non-hydrogen) atoms. The Hall–Kier alpha value is -2.53. The van der Waals surface area contributed by atoms with Gasteiger partial charge in [0.25, 0.3) is 10.0 Å². The zero-order valence-corrected chi connectivity index (χ0v) is 15.2. The lowest BCUT2D eigenvalue weighted by Crippen LogP contribution is -2.30. The molecule has 1 aliphatic heterocycles. The molecule has 1 heterocycles. The topological polar surface area (TPSA) is 46.6 Å². The maximum absolute atomic E-state index is 12.9. The van der Waals surface area contributed by atoms with Gasteiger partial charge in [-0.2, -0.15) is 0 Å². The van der Waals surface area contributed by atoms with E-state index in [0.29, 0.717) is 13.0 Å². The Morgan fingerprint density at radius 3 is 2.28 bits per heavy atom. The van der Waals surface area contributed by atoms with Crippen LogP contribution in [-0.4, -0.2) is 26.4 Å². The Morgan fingerprint density at radius 2 is 1.68 bits per heavy atom. The summed E-state index contributed by atoms with van der Waals surface area (Å²) < 4.78 is 32.4. The molecular formula is C20H21NO3S. The number of methoxy groups -OCH3 is 1. The number of hydrogen-bond donors (Lipinski definition) is 0. The van der Waals surface area contributed by atoms with Gasteiger partial charge in [-0.05, 0) is 48.7 Å².